The van der Waals surface area contributed by atoms with E-state index >= 15 is 0 Å². The highest BCUT2D eigenvalue weighted by Crippen LogP contribution is 2.23. The van der Waals surface area contributed by atoms with Crippen LogP contribution in [-0.2, 0) is 13.5 Å². The predicted octanol–water partition coefficient (Wildman–Crippen LogP) is 3.69. The molecule has 29 heavy (non-hydrogen) atoms. The van der Waals surface area contributed by atoms with Gasteiger partial charge in [0.2, 0.25) is 0 Å². The maximum atomic E-state index is 4.85. The number of benzene rings is 1. The molecule has 0 radical (unpaired) electrons. The summed E-state index contributed by atoms with van der Waals surface area (Å²) in [7, 11) is 1.95. The molecular weight excluding hydrogens is 543 g/mol. The number of hydrogen-bond acceptors (Lipinski definition) is 3. The zero-order chi connectivity index (χ0) is 19.9. The van der Waals surface area contributed by atoms with Gasteiger partial charge in [-0.3, -0.25) is 14.6 Å². The summed E-state index contributed by atoms with van der Waals surface area (Å²) >= 11 is 3.52. The molecule has 0 bridgehead atoms. The highest BCUT2D eigenvalue weighted by atomic mass is 127. The summed E-state index contributed by atoms with van der Waals surface area (Å²) < 4.78 is 2.97. The minimum atomic E-state index is 0. The Morgan fingerprint density at radius 2 is 1.90 bits per heavy atom. The van der Waals surface area contributed by atoms with Crippen LogP contribution in [0.3, 0.4) is 0 Å². The van der Waals surface area contributed by atoms with E-state index < -0.39 is 0 Å². The van der Waals surface area contributed by atoms with E-state index in [4.69, 9.17) is 4.99 Å². The van der Waals surface area contributed by atoms with Crippen LogP contribution in [0.1, 0.15) is 31.0 Å². The molecule has 1 aliphatic heterocycles. The fraction of sp³-hybridized carbons (Fsp3) is 0.524. The van der Waals surface area contributed by atoms with Gasteiger partial charge in [0.15, 0.2) is 5.96 Å². The fourth-order valence-electron chi connectivity index (χ4n) is 3.59. The molecule has 1 unspecified atom stereocenters. The van der Waals surface area contributed by atoms with Crippen LogP contribution in [0, 0.1) is 0 Å². The molecule has 0 amide bonds. The van der Waals surface area contributed by atoms with E-state index in [-0.39, 0.29) is 24.0 Å². The first-order chi connectivity index (χ1) is 13.6. The summed E-state index contributed by atoms with van der Waals surface area (Å²) in [5.74, 6) is 1.03. The lowest BCUT2D eigenvalue weighted by atomic mass is 10.1. The van der Waals surface area contributed by atoms with Crippen LogP contribution < -0.4 is 5.32 Å². The highest BCUT2D eigenvalue weighted by molar-refractivity contribution is 14.0. The van der Waals surface area contributed by atoms with E-state index in [1.165, 1.54) is 11.1 Å². The van der Waals surface area contributed by atoms with Gasteiger partial charge in [0.25, 0.3) is 0 Å². The quantitative estimate of drug-likeness (QED) is 0.325. The molecule has 0 saturated carbocycles. The number of aromatic nitrogens is 2. The van der Waals surface area contributed by atoms with Crippen LogP contribution in [0.15, 0.2) is 46.1 Å². The number of piperazine rings is 1. The third-order valence-corrected chi connectivity index (χ3v) is 5.80. The van der Waals surface area contributed by atoms with Gasteiger partial charge in [-0.2, -0.15) is 5.10 Å². The van der Waals surface area contributed by atoms with Gasteiger partial charge in [0, 0.05) is 63.0 Å². The van der Waals surface area contributed by atoms with Gasteiger partial charge in [-0.15, -0.1) is 24.0 Å². The zero-order valence-electron chi connectivity index (χ0n) is 17.5. The van der Waals surface area contributed by atoms with Crippen LogP contribution in [0.5, 0.6) is 0 Å². The van der Waals surface area contributed by atoms with Crippen LogP contribution >= 0.6 is 39.9 Å². The first-order valence-electron chi connectivity index (χ1n) is 10.1. The van der Waals surface area contributed by atoms with Gasteiger partial charge in [0.05, 0.1) is 6.20 Å². The molecule has 0 aliphatic carbocycles. The SMILES string of the molecule is CCNC(=NCCc1cnn(C)c1)N1CCN(C(C)c2ccc(Br)cc2)CC1.I. The fourth-order valence-corrected chi connectivity index (χ4v) is 3.86. The summed E-state index contributed by atoms with van der Waals surface area (Å²) in [5, 5.41) is 7.69. The van der Waals surface area contributed by atoms with Gasteiger partial charge in [-0.25, -0.2) is 0 Å². The highest BCUT2D eigenvalue weighted by Gasteiger charge is 2.23. The van der Waals surface area contributed by atoms with Gasteiger partial charge < -0.3 is 10.2 Å². The summed E-state index contributed by atoms with van der Waals surface area (Å²) in [6.07, 6.45) is 4.90. The maximum Gasteiger partial charge on any atom is 0.194 e. The number of hydrogen-bond donors (Lipinski definition) is 1. The topological polar surface area (TPSA) is 48.7 Å². The Hall–Kier alpha value is -1.13. The standard InChI is InChI=1S/C21H31BrN6.HI/c1-4-23-21(24-10-9-18-15-25-26(3)16-18)28-13-11-27(12-14-28)17(2)19-5-7-20(22)8-6-19;/h5-8,15-17H,4,9-14H2,1-3H3,(H,23,24);1H. The van der Waals surface area contributed by atoms with E-state index in [0.29, 0.717) is 6.04 Å². The largest absolute Gasteiger partial charge is 0.357 e. The van der Waals surface area contributed by atoms with Crippen LogP contribution in [0.25, 0.3) is 0 Å². The molecule has 1 saturated heterocycles. The molecule has 1 atom stereocenters. The van der Waals surface area contributed by atoms with E-state index in [2.05, 4.69) is 80.5 Å². The summed E-state index contributed by atoms with van der Waals surface area (Å²) in [6, 6.07) is 9.11. The molecule has 2 heterocycles. The molecule has 1 N–H and O–H groups in total. The molecule has 3 rings (SSSR count). The molecule has 1 aromatic carbocycles. The second kappa shape index (κ2) is 11.9. The number of nitrogens with one attached hydrogen (secondary N) is 1. The Morgan fingerprint density at radius 3 is 2.48 bits per heavy atom. The molecule has 0 spiro atoms. The molecule has 1 aliphatic rings. The minimum absolute atomic E-state index is 0. The summed E-state index contributed by atoms with van der Waals surface area (Å²) in [6.45, 7) is 10.2. The molecule has 1 aromatic heterocycles. The van der Waals surface area contributed by atoms with Crippen molar-refractivity contribution in [2.75, 3.05) is 39.3 Å². The number of aryl methyl sites for hydroxylation is 1. The van der Waals surface area contributed by atoms with Crippen molar-refractivity contribution in [2.45, 2.75) is 26.3 Å². The van der Waals surface area contributed by atoms with Gasteiger partial charge in [-0.1, -0.05) is 28.1 Å². The molecule has 1 fully saturated rings. The van der Waals surface area contributed by atoms with Crippen molar-refractivity contribution in [1.82, 2.24) is 24.9 Å². The van der Waals surface area contributed by atoms with Crippen molar-refractivity contribution in [1.29, 1.82) is 0 Å². The van der Waals surface area contributed by atoms with Crippen molar-refractivity contribution < 1.29 is 0 Å². The second-order valence-electron chi connectivity index (χ2n) is 7.26. The third-order valence-electron chi connectivity index (χ3n) is 5.27. The predicted molar refractivity (Wildman–Crippen MR) is 134 cm³/mol. The van der Waals surface area contributed by atoms with E-state index in [1.54, 1.807) is 0 Å². The molecule has 8 heteroatoms. The Balaban J connectivity index is 0.00000300. The molecule has 2 aromatic rings. The van der Waals surface area contributed by atoms with Gasteiger partial charge in [0.1, 0.15) is 0 Å². The minimum Gasteiger partial charge on any atom is -0.357 e. The average molecular weight is 575 g/mol. The Kier molecular flexibility index (Phi) is 9.91. The zero-order valence-corrected chi connectivity index (χ0v) is 21.4. The smallest absolute Gasteiger partial charge is 0.194 e. The van der Waals surface area contributed by atoms with Crippen molar-refractivity contribution in [3.63, 3.8) is 0 Å². The molecular formula is C21H32BrIN6. The monoisotopic (exact) mass is 574 g/mol. The molecule has 6 nitrogen and oxygen atoms in total. The Bertz CT molecular complexity index is 768. The average Bonchev–Trinajstić information content (AvgIpc) is 3.12. The van der Waals surface area contributed by atoms with E-state index in [0.717, 1.165) is 56.1 Å². The number of rotatable bonds is 6. The lowest BCUT2D eigenvalue weighted by molar-refractivity contribution is 0.138. The van der Waals surface area contributed by atoms with Crippen molar-refractivity contribution in [3.8, 4) is 0 Å². The lowest BCUT2D eigenvalue weighted by Gasteiger charge is -2.39. The Morgan fingerprint density at radius 1 is 1.21 bits per heavy atom. The van der Waals surface area contributed by atoms with Crippen molar-refractivity contribution in [2.24, 2.45) is 12.0 Å². The number of guanidine groups is 1. The van der Waals surface area contributed by atoms with Gasteiger partial charge in [-0.05, 0) is 43.5 Å². The van der Waals surface area contributed by atoms with Gasteiger partial charge >= 0.3 is 0 Å². The number of nitrogens with zero attached hydrogens (tertiary/aromatic N) is 5. The maximum absolute atomic E-state index is 4.85. The second-order valence-corrected chi connectivity index (χ2v) is 8.17. The van der Waals surface area contributed by atoms with Crippen LogP contribution in [0.4, 0.5) is 0 Å². The van der Waals surface area contributed by atoms with E-state index in [1.807, 2.05) is 17.9 Å². The lowest BCUT2D eigenvalue weighted by Crippen LogP contribution is -2.52. The summed E-state index contributed by atoms with van der Waals surface area (Å²) in [5.41, 5.74) is 2.60. The van der Waals surface area contributed by atoms with Crippen LogP contribution in [-0.4, -0.2) is 64.8 Å². The third kappa shape index (κ3) is 6.96. The Labute approximate surface area is 199 Å². The first kappa shape index (κ1) is 24.1. The normalized spacial score (nSPS) is 16.4. The van der Waals surface area contributed by atoms with Crippen LogP contribution in [0.2, 0.25) is 0 Å². The number of halogens is 2. The van der Waals surface area contributed by atoms with Crippen molar-refractivity contribution in [3.05, 3.63) is 52.3 Å². The summed E-state index contributed by atoms with van der Waals surface area (Å²) in [4.78, 5) is 9.79. The van der Waals surface area contributed by atoms with Crippen molar-refractivity contribution >= 4 is 45.9 Å². The number of aliphatic imine (C=N–C) groups is 1. The molecule has 160 valence electrons. The van der Waals surface area contributed by atoms with E-state index in [9.17, 15) is 0 Å². The first-order valence-corrected chi connectivity index (χ1v) is 10.9.